The normalized spacial score (nSPS) is 12.6. The van der Waals surface area contributed by atoms with Gasteiger partial charge in [-0.15, -0.1) is 11.3 Å². The lowest BCUT2D eigenvalue weighted by atomic mass is 10.0. The molecule has 0 saturated heterocycles. The van der Waals surface area contributed by atoms with Gasteiger partial charge in [0.15, 0.2) is 0 Å². The Morgan fingerprint density at radius 2 is 2.07 bits per heavy atom. The van der Waals surface area contributed by atoms with Gasteiger partial charge >= 0.3 is 0 Å². The van der Waals surface area contributed by atoms with Gasteiger partial charge in [-0.2, -0.15) is 0 Å². The number of aromatic nitrogens is 1. The maximum atomic E-state index is 11.6. The summed E-state index contributed by atoms with van der Waals surface area (Å²) in [6.07, 6.45) is 1.69. The second-order valence-corrected chi connectivity index (χ2v) is 5.37. The maximum absolute atomic E-state index is 11.6. The average Bonchev–Trinajstić information content (AvgIpc) is 2.52. The van der Waals surface area contributed by atoms with E-state index in [0.29, 0.717) is 0 Å². The number of nitrogens with one attached hydrogen (secondary N) is 1. The fourth-order valence-corrected chi connectivity index (χ4v) is 1.74. The molecule has 1 amide bonds. The predicted octanol–water partition coefficient (Wildman–Crippen LogP) is 1.27. The topological polar surface area (TPSA) is 62.2 Å². The molecule has 0 spiro atoms. The molecule has 0 aliphatic rings. The van der Waals surface area contributed by atoms with Gasteiger partial charge in [0.1, 0.15) is 10.6 Å². The van der Waals surface area contributed by atoms with Crippen LogP contribution >= 0.6 is 11.3 Å². The summed E-state index contributed by atoms with van der Waals surface area (Å²) in [4.78, 5) is 15.7. The minimum absolute atomic E-state index is 0.400. The summed E-state index contributed by atoms with van der Waals surface area (Å²) in [7, 11) is 0. The molecule has 1 aromatic rings. The number of thiazole rings is 1. The maximum Gasteiger partial charge on any atom is 0.252 e. The summed E-state index contributed by atoms with van der Waals surface area (Å²) in [5, 5.41) is 14.9. The Bertz CT molecular complexity index is 339. The third kappa shape index (κ3) is 3.00. The van der Waals surface area contributed by atoms with Crippen LogP contribution < -0.4 is 5.32 Å². The van der Waals surface area contributed by atoms with Crippen LogP contribution in [0, 0.1) is 0 Å². The van der Waals surface area contributed by atoms with E-state index in [1.165, 1.54) is 25.2 Å². The summed E-state index contributed by atoms with van der Waals surface area (Å²) in [6, 6.07) is 0. The summed E-state index contributed by atoms with van der Waals surface area (Å²) in [6.45, 7) is 6.63. The number of hydrogen-bond donors (Lipinski definition) is 2. The highest BCUT2D eigenvalue weighted by Crippen LogP contribution is 2.22. The summed E-state index contributed by atoms with van der Waals surface area (Å²) < 4.78 is 0. The van der Waals surface area contributed by atoms with Crippen LogP contribution in [0.2, 0.25) is 0 Å². The van der Waals surface area contributed by atoms with Crippen LogP contribution in [0.5, 0.6) is 0 Å². The fraction of sp³-hybridized carbons (Fsp3) is 0.600. The van der Waals surface area contributed by atoms with E-state index in [1.807, 2.05) is 19.2 Å². The number of carbonyl (C=O) groups excluding carboxylic acids is 1. The van der Waals surface area contributed by atoms with E-state index in [0.717, 1.165) is 5.01 Å². The zero-order valence-corrected chi connectivity index (χ0v) is 10.2. The SMILES string of the molecule is CC(C)(O)C(=O)NC(C)(C)c1nccs1. The molecule has 4 nitrogen and oxygen atoms in total. The standard InChI is InChI=1S/C10H16N2O2S/c1-9(2,8-11-5-6-15-8)12-7(13)10(3,4)14/h5-6,14H,1-4H3,(H,12,13). The number of aliphatic hydroxyl groups is 1. The van der Waals surface area contributed by atoms with Crippen LogP contribution in [0.25, 0.3) is 0 Å². The number of carbonyl (C=O) groups is 1. The van der Waals surface area contributed by atoms with Crippen LogP contribution in [0.15, 0.2) is 11.6 Å². The fourth-order valence-electron chi connectivity index (χ4n) is 1.02. The average molecular weight is 228 g/mol. The molecule has 0 aliphatic heterocycles. The first-order valence-electron chi connectivity index (χ1n) is 4.68. The Balaban J connectivity index is 2.78. The molecule has 1 rings (SSSR count). The number of amides is 1. The van der Waals surface area contributed by atoms with Gasteiger partial charge in [-0.25, -0.2) is 4.98 Å². The summed E-state index contributed by atoms with van der Waals surface area (Å²) >= 11 is 1.48. The Labute approximate surface area is 93.4 Å². The molecule has 0 radical (unpaired) electrons. The molecule has 15 heavy (non-hydrogen) atoms. The molecule has 0 atom stereocenters. The molecule has 5 heteroatoms. The van der Waals surface area contributed by atoms with Crippen molar-refractivity contribution in [3.63, 3.8) is 0 Å². The van der Waals surface area contributed by atoms with Gasteiger partial charge < -0.3 is 10.4 Å². The molecule has 0 unspecified atom stereocenters. The van der Waals surface area contributed by atoms with E-state index < -0.39 is 17.0 Å². The van der Waals surface area contributed by atoms with Gasteiger partial charge in [-0.1, -0.05) is 0 Å². The molecule has 0 saturated carbocycles. The minimum Gasteiger partial charge on any atom is -0.381 e. The Kier molecular flexibility index (Phi) is 3.16. The number of nitrogens with zero attached hydrogens (tertiary/aromatic N) is 1. The predicted molar refractivity (Wildman–Crippen MR) is 59.6 cm³/mol. The molecular weight excluding hydrogens is 212 g/mol. The van der Waals surface area contributed by atoms with Crippen LogP contribution in [0.4, 0.5) is 0 Å². The molecular formula is C10H16N2O2S. The first-order chi connectivity index (χ1) is 6.73. The van der Waals surface area contributed by atoms with Gasteiger partial charge in [0.25, 0.3) is 5.91 Å². The largest absolute Gasteiger partial charge is 0.381 e. The zero-order chi connectivity index (χ0) is 11.7. The highest BCUT2D eigenvalue weighted by atomic mass is 32.1. The molecule has 0 aromatic carbocycles. The van der Waals surface area contributed by atoms with Crippen molar-refractivity contribution in [1.82, 2.24) is 10.3 Å². The van der Waals surface area contributed by atoms with Gasteiger partial charge in [0.2, 0.25) is 0 Å². The van der Waals surface area contributed by atoms with Crippen molar-refractivity contribution >= 4 is 17.2 Å². The third-order valence-corrected chi connectivity index (χ3v) is 3.05. The van der Waals surface area contributed by atoms with Crippen molar-refractivity contribution in [3.8, 4) is 0 Å². The second kappa shape index (κ2) is 3.90. The molecule has 84 valence electrons. The smallest absolute Gasteiger partial charge is 0.252 e. The van der Waals surface area contributed by atoms with Gasteiger partial charge in [-0.05, 0) is 27.7 Å². The number of hydrogen-bond acceptors (Lipinski definition) is 4. The molecule has 0 bridgehead atoms. The minimum atomic E-state index is -1.37. The van der Waals surface area contributed by atoms with Crippen molar-refractivity contribution in [1.29, 1.82) is 0 Å². The monoisotopic (exact) mass is 228 g/mol. The van der Waals surface area contributed by atoms with Crippen molar-refractivity contribution in [3.05, 3.63) is 16.6 Å². The lowest BCUT2D eigenvalue weighted by Gasteiger charge is -2.27. The van der Waals surface area contributed by atoms with Gasteiger partial charge in [0.05, 0.1) is 5.54 Å². The highest BCUT2D eigenvalue weighted by molar-refractivity contribution is 7.09. The van der Waals surface area contributed by atoms with Crippen LogP contribution in [0.1, 0.15) is 32.7 Å². The van der Waals surface area contributed by atoms with E-state index in [-0.39, 0.29) is 0 Å². The van der Waals surface area contributed by atoms with E-state index in [2.05, 4.69) is 10.3 Å². The quantitative estimate of drug-likeness (QED) is 0.819. The van der Waals surface area contributed by atoms with Gasteiger partial charge in [-0.3, -0.25) is 4.79 Å². The Morgan fingerprint density at radius 1 is 1.47 bits per heavy atom. The van der Waals surface area contributed by atoms with E-state index in [4.69, 9.17) is 0 Å². The first-order valence-corrected chi connectivity index (χ1v) is 5.56. The molecule has 1 heterocycles. The second-order valence-electron chi connectivity index (χ2n) is 4.48. The van der Waals surface area contributed by atoms with Crippen molar-refractivity contribution < 1.29 is 9.90 Å². The number of rotatable bonds is 3. The van der Waals surface area contributed by atoms with E-state index in [9.17, 15) is 9.90 Å². The van der Waals surface area contributed by atoms with Crippen molar-refractivity contribution in [2.45, 2.75) is 38.8 Å². The van der Waals surface area contributed by atoms with Gasteiger partial charge in [0, 0.05) is 11.6 Å². The Hall–Kier alpha value is -0.940. The molecule has 0 fully saturated rings. The van der Waals surface area contributed by atoms with E-state index in [1.54, 1.807) is 6.20 Å². The van der Waals surface area contributed by atoms with Crippen molar-refractivity contribution in [2.24, 2.45) is 0 Å². The molecule has 1 aromatic heterocycles. The lowest BCUT2D eigenvalue weighted by Crippen LogP contribution is -2.50. The highest BCUT2D eigenvalue weighted by Gasteiger charge is 2.32. The van der Waals surface area contributed by atoms with E-state index >= 15 is 0 Å². The third-order valence-electron chi connectivity index (χ3n) is 1.95. The van der Waals surface area contributed by atoms with Crippen LogP contribution in [-0.2, 0) is 10.3 Å². The summed E-state index contributed by atoms with van der Waals surface area (Å²) in [5.41, 5.74) is -1.92. The van der Waals surface area contributed by atoms with Crippen LogP contribution in [0.3, 0.4) is 0 Å². The zero-order valence-electron chi connectivity index (χ0n) is 9.37. The summed E-state index contributed by atoms with van der Waals surface area (Å²) in [5.74, 6) is -0.400. The molecule has 0 aliphatic carbocycles. The lowest BCUT2D eigenvalue weighted by molar-refractivity contribution is -0.138. The first kappa shape index (κ1) is 12.1. The van der Waals surface area contributed by atoms with Crippen molar-refractivity contribution in [2.75, 3.05) is 0 Å². The molecule has 2 N–H and O–H groups in total. The Morgan fingerprint density at radius 3 is 2.47 bits per heavy atom. The van der Waals surface area contributed by atoms with Crippen LogP contribution in [-0.4, -0.2) is 21.6 Å².